The van der Waals surface area contributed by atoms with Gasteiger partial charge in [-0.05, 0) is 41.8 Å². The first-order valence-corrected chi connectivity index (χ1v) is 9.29. The third-order valence-electron chi connectivity index (χ3n) is 4.21. The largest absolute Gasteiger partial charge is 0.340 e. The Morgan fingerprint density at radius 2 is 1.59 bits per heavy atom. The van der Waals surface area contributed by atoms with Crippen LogP contribution in [-0.2, 0) is 4.79 Å². The van der Waals surface area contributed by atoms with E-state index in [1.807, 2.05) is 36.4 Å². The molecule has 0 saturated heterocycles. The van der Waals surface area contributed by atoms with Crippen molar-refractivity contribution in [3.8, 4) is 0 Å². The zero-order valence-electron chi connectivity index (χ0n) is 16.6. The summed E-state index contributed by atoms with van der Waals surface area (Å²) >= 11 is 0. The number of carbonyl (C=O) groups is 2. The summed E-state index contributed by atoms with van der Waals surface area (Å²) in [5, 5.41) is 8.77. The van der Waals surface area contributed by atoms with Crippen molar-refractivity contribution in [3.05, 3.63) is 72.2 Å². The van der Waals surface area contributed by atoms with E-state index in [1.165, 1.54) is 13.3 Å². The molecular formula is C22H23N5O2. The fraction of sp³-hybridized carbons (Fsp3) is 0.182. The maximum atomic E-state index is 12.7. The first-order chi connectivity index (χ1) is 13.9. The van der Waals surface area contributed by atoms with Crippen LogP contribution in [0.3, 0.4) is 0 Å². The topological polar surface area (TPSA) is 96.0 Å². The molecule has 1 aromatic heterocycles. The highest BCUT2D eigenvalue weighted by atomic mass is 16.2. The fourth-order valence-electron chi connectivity index (χ4n) is 2.84. The van der Waals surface area contributed by atoms with Crippen molar-refractivity contribution in [2.45, 2.75) is 26.7 Å². The Balaban J connectivity index is 1.72. The molecule has 0 fully saturated rings. The van der Waals surface area contributed by atoms with Gasteiger partial charge in [0.05, 0.1) is 0 Å². The van der Waals surface area contributed by atoms with Crippen molar-refractivity contribution >= 4 is 34.7 Å². The summed E-state index contributed by atoms with van der Waals surface area (Å²) in [5.41, 5.74) is 3.57. The van der Waals surface area contributed by atoms with Gasteiger partial charge in [0, 0.05) is 30.1 Å². The standard InChI is InChI=1S/C22H23N5O2/c1-14(2)18-6-4-5-7-19(18)27-22(29)20-12-21(24-13-23-20)26-17-10-8-16(9-11-17)25-15(3)28/h4-14H,1-3H3,(H,25,28)(H,27,29)(H,23,24,26). The first-order valence-electron chi connectivity index (χ1n) is 9.29. The minimum atomic E-state index is -0.301. The van der Waals surface area contributed by atoms with Gasteiger partial charge in [0.25, 0.3) is 5.91 Å². The molecule has 0 aliphatic carbocycles. The second kappa shape index (κ2) is 8.97. The number of benzene rings is 2. The normalized spacial score (nSPS) is 10.5. The number of nitrogens with zero attached hydrogens (tertiary/aromatic N) is 2. The summed E-state index contributed by atoms with van der Waals surface area (Å²) in [7, 11) is 0. The van der Waals surface area contributed by atoms with Crippen LogP contribution in [0, 0.1) is 0 Å². The number of nitrogens with one attached hydrogen (secondary N) is 3. The summed E-state index contributed by atoms with van der Waals surface area (Å²) in [5.74, 6) is 0.352. The summed E-state index contributed by atoms with van der Waals surface area (Å²) in [6, 6.07) is 16.5. The molecule has 0 bridgehead atoms. The Labute approximate surface area is 169 Å². The van der Waals surface area contributed by atoms with Gasteiger partial charge in [-0.25, -0.2) is 9.97 Å². The predicted octanol–water partition coefficient (Wildman–Crippen LogP) is 4.55. The number of hydrogen-bond donors (Lipinski definition) is 3. The number of amides is 2. The summed E-state index contributed by atoms with van der Waals surface area (Å²) < 4.78 is 0. The summed E-state index contributed by atoms with van der Waals surface area (Å²) in [6.45, 7) is 5.61. The average molecular weight is 389 g/mol. The van der Waals surface area contributed by atoms with Gasteiger partial charge in [0.1, 0.15) is 17.8 Å². The molecule has 0 saturated carbocycles. The van der Waals surface area contributed by atoms with E-state index in [4.69, 9.17) is 0 Å². The zero-order chi connectivity index (χ0) is 20.8. The highest BCUT2D eigenvalue weighted by molar-refractivity contribution is 6.03. The molecule has 0 atom stereocenters. The molecule has 7 heteroatoms. The lowest BCUT2D eigenvalue weighted by molar-refractivity contribution is -0.114. The van der Waals surface area contributed by atoms with Gasteiger partial charge < -0.3 is 16.0 Å². The number of rotatable bonds is 6. The van der Waals surface area contributed by atoms with E-state index in [2.05, 4.69) is 39.8 Å². The molecule has 0 aliphatic heterocycles. The van der Waals surface area contributed by atoms with E-state index in [-0.39, 0.29) is 23.4 Å². The minimum Gasteiger partial charge on any atom is -0.340 e. The van der Waals surface area contributed by atoms with E-state index in [1.54, 1.807) is 18.2 Å². The summed E-state index contributed by atoms with van der Waals surface area (Å²) in [6.07, 6.45) is 1.34. The van der Waals surface area contributed by atoms with Crippen LogP contribution in [0.5, 0.6) is 0 Å². The first kappa shape index (κ1) is 20.0. The van der Waals surface area contributed by atoms with Gasteiger partial charge in [0.15, 0.2) is 0 Å². The maximum Gasteiger partial charge on any atom is 0.274 e. The van der Waals surface area contributed by atoms with Gasteiger partial charge in [-0.15, -0.1) is 0 Å². The molecule has 29 heavy (non-hydrogen) atoms. The Hall–Kier alpha value is -3.74. The van der Waals surface area contributed by atoms with E-state index < -0.39 is 0 Å². The van der Waals surface area contributed by atoms with Crippen LogP contribution in [0.25, 0.3) is 0 Å². The number of hydrogen-bond acceptors (Lipinski definition) is 5. The van der Waals surface area contributed by atoms with E-state index in [0.29, 0.717) is 11.5 Å². The second-order valence-corrected chi connectivity index (χ2v) is 6.87. The third-order valence-corrected chi connectivity index (χ3v) is 4.21. The lowest BCUT2D eigenvalue weighted by Gasteiger charge is -2.13. The van der Waals surface area contributed by atoms with E-state index in [0.717, 1.165) is 16.9 Å². The molecule has 2 aromatic carbocycles. The van der Waals surface area contributed by atoms with Crippen LogP contribution >= 0.6 is 0 Å². The Morgan fingerprint density at radius 3 is 2.28 bits per heavy atom. The molecule has 3 N–H and O–H groups in total. The smallest absolute Gasteiger partial charge is 0.274 e. The van der Waals surface area contributed by atoms with Gasteiger partial charge in [-0.2, -0.15) is 0 Å². The lowest BCUT2D eigenvalue weighted by Crippen LogP contribution is -2.15. The van der Waals surface area contributed by atoms with Crippen LogP contribution < -0.4 is 16.0 Å². The fourth-order valence-corrected chi connectivity index (χ4v) is 2.84. The SMILES string of the molecule is CC(=O)Nc1ccc(Nc2cc(C(=O)Nc3ccccc3C(C)C)ncn2)cc1. The Morgan fingerprint density at radius 1 is 0.897 bits per heavy atom. The zero-order valence-corrected chi connectivity index (χ0v) is 16.6. The number of aromatic nitrogens is 2. The molecule has 0 aliphatic rings. The van der Waals surface area contributed by atoms with Crippen LogP contribution in [0.2, 0.25) is 0 Å². The molecule has 0 radical (unpaired) electrons. The predicted molar refractivity (Wildman–Crippen MR) is 115 cm³/mol. The van der Waals surface area contributed by atoms with Crippen molar-refractivity contribution in [2.24, 2.45) is 0 Å². The van der Waals surface area contributed by atoms with Crippen LogP contribution in [0.1, 0.15) is 42.7 Å². The molecule has 1 heterocycles. The van der Waals surface area contributed by atoms with Gasteiger partial charge >= 0.3 is 0 Å². The molecular weight excluding hydrogens is 366 g/mol. The Bertz CT molecular complexity index is 1020. The molecule has 2 amide bonds. The molecule has 3 aromatic rings. The van der Waals surface area contributed by atoms with Crippen molar-refractivity contribution in [2.75, 3.05) is 16.0 Å². The molecule has 3 rings (SSSR count). The van der Waals surface area contributed by atoms with Gasteiger partial charge in [-0.1, -0.05) is 32.0 Å². The quantitative estimate of drug-likeness (QED) is 0.575. The molecule has 148 valence electrons. The van der Waals surface area contributed by atoms with Crippen molar-refractivity contribution < 1.29 is 9.59 Å². The van der Waals surface area contributed by atoms with Gasteiger partial charge in [-0.3, -0.25) is 9.59 Å². The van der Waals surface area contributed by atoms with Crippen LogP contribution in [0.15, 0.2) is 60.9 Å². The molecule has 7 nitrogen and oxygen atoms in total. The number of carbonyl (C=O) groups excluding carboxylic acids is 2. The van der Waals surface area contributed by atoms with Crippen molar-refractivity contribution in [1.82, 2.24) is 9.97 Å². The van der Waals surface area contributed by atoms with Crippen molar-refractivity contribution in [1.29, 1.82) is 0 Å². The Kier molecular flexibility index (Phi) is 6.19. The average Bonchev–Trinajstić information content (AvgIpc) is 2.69. The second-order valence-electron chi connectivity index (χ2n) is 6.87. The monoisotopic (exact) mass is 389 g/mol. The number of anilines is 4. The van der Waals surface area contributed by atoms with Gasteiger partial charge in [0.2, 0.25) is 5.91 Å². The van der Waals surface area contributed by atoms with Crippen molar-refractivity contribution in [3.63, 3.8) is 0 Å². The molecule has 0 spiro atoms. The van der Waals surface area contributed by atoms with Crippen LogP contribution in [0.4, 0.5) is 22.9 Å². The van der Waals surface area contributed by atoms with E-state index in [9.17, 15) is 9.59 Å². The third kappa shape index (κ3) is 5.38. The maximum absolute atomic E-state index is 12.7. The minimum absolute atomic E-state index is 0.129. The number of para-hydroxylation sites is 1. The highest BCUT2D eigenvalue weighted by Crippen LogP contribution is 2.24. The summed E-state index contributed by atoms with van der Waals surface area (Å²) in [4.78, 5) is 32.0. The highest BCUT2D eigenvalue weighted by Gasteiger charge is 2.13. The lowest BCUT2D eigenvalue weighted by atomic mass is 10.0. The van der Waals surface area contributed by atoms with Crippen LogP contribution in [-0.4, -0.2) is 21.8 Å². The van der Waals surface area contributed by atoms with E-state index >= 15 is 0 Å². The molecule has 0 unspecified atom stereocenters.